The third-order valence-corrected chi connectivity index (χ3v) is 6.37. The second kappa shape index (κ2) is 9.82. The van der Waals surface area contributed by atoms with Crippen LogP contribution in [0.25, 0.3) is 11.1 Å². The van der Waals surface area contributed by atoms with Gasteiger partial charge in [0, 0.05) is 19.6 Å². The summed E-state index contributed by atoms with van der Waals surface area (Å²) in [6.45, 7) is 1.72. The highest BCUT2D eigenvalue weighted by atomic mass is 16.6. The Hall–Kier alpha value is -3.43. The first-order valence-electron chi connectivity index (χ1n) is 11.1. The zero-order chi connectivity index (χ0) is 24.3. The summed E-state index contributed by atoms with van der Waals surface area (Å²) in [5.41, 5.74) is 3.00. The number of carboxylic acids is 1. The third-order valence-electron chi connectivity index (χ3n) is 6.37. The van der Waals surface area contributed by atoms with Crippen molar-refractivity contribution < 1.29 is 33.7 Å². The van der Waals surface area contributed by atoms with E-state index in [1.165, 1.54) is 18.9 Å². The van der Waals surface area contributed by atoms with E-state index in [1.54, 1.807) is 0 Å². The smallest absolute Gasteiger partial charge is 0.407 e. The molecule has 1 aliphatic heterocycles. The molecular weight excluding hydrogens is 440 g/mol. The number of methoxy groups -OCH3 is 1. The van der Waals surface area contributed by atoms with Gasteiger partial charge in [-0.25, -0.2) is 9.59 Å². The quantitative estimate of drug-likeness (QED) is 0.641. The predicted molar refractivity (Wildman–Crippen MR) is 122 cm³/mol. The summed E-state index contributed by atoms with van der Waals surface area (Å²) < 4.78 is 16.1. The van der Waals surface area contributed by atoms with Crippen LogP contribution < -0.4 is 5.32 Å². The van der Waals surface area contributed by atoms with Gasteiger partial charge in [0.15, 0.2) is 11.7 Å². The van der Waals surface area contributed by atoms with Crippen LogP contribution in [0.1, 0.15) is 24.0 Å². The monoisotopic (exact) mass is 468 g/mol. The molecule has 1 fully saturated rings. The number of amides is 2. The van der Waals surface area contributed by atoms with E-state index < -0.39 is 29.7 Å². The van der Waals surface area contributed by atoms with E-state index in [-0.39, 0.29) is 38.8 Å². The largest absolute Gasteiger partial charge is 0.479 e. The number of fused-ring (bicyclic) bond motifs is 3. The first-order valence-corrected chi connectivity index (χ1v) is 11.1. The lowest BCUT2D eigenvalue weighted by atomic mass is 9.98. The Kier molecular flexibility index (Phi) is 6.85. The summed E-state index contributed by atoms with van der Waals surface area (Å²) in [6, 6.07) is 16.1. The van der Waals surface area contributed by atoms with Gasteiger partial charge >= 0.3 is 12.1 Å². The Morgan fingerprint density at radius 3 is 2.35 bits per heavy atom. The standard InChI is InChI=1S/C25H28N2O7/c1-25(23(29)30)15-27(11-12-34-25)22(28)21(32-2)13-26-24(31)33-14-20-18-9-5-3-7-16(18)17-8-4-6-10-19(17)20/h3-10,20-21H,11-15H2,1-2H3,(H,26,31)(H,29,30). The van der Waals surface area contributed by atoms with Crippen LogP contribution in [0.5, 0.6) is 0 Å². The van der Waals surface area contributed by atoms with Gasteiger partial charge in [0.05, 0.1) is 19.7 Å². The number of nitrogens with zero attached hydrogens (tertiary/aromatic N) is 1. The topological polar surface area (TPSA) is 114 Å². The molecule has 180 valence electrons. The van der Waals surface area contributed by atoms with Crippen LogP contribution in [-0.4, -0.2) is 79.6 Å². The van der Waals surface area contributed by atoms with Crippen molar-refractivity contribution in [3.8, 4) is 11.1 Å². The minimum Gasteiger partial charge on any atom is -0.479 e. The lowest BCUT2D eigenvalue weighted by Crippen LogP contribution is -2.58. The van der Waals surface area contributed by atoms with Crippen LogP contribution in [-0.2, 0) is 23.8 Å². The molecule has 0 saturated carbocycles. The number of nitrogens with one attached hydrogen (secondary N) is 1. The number of aliphatic carboxylic acids is 1. The number of hydrogen-bond donors (Lipinski definition) is 2. The first-order chi connectivity index (χ1) is 16.3. The van der Waals surface area contributed by atoms with Gasteiger partial charge in [-0.2, -0.15) is 0 Å². The maximum absolute atomic E-state index is 12.9. The molecule has 0 bridgehead atoms. The molecule has 0 aromatic heterocycles. The van der Waals surface area contributed by atoms with Crippen molar-refractivity contribution in [2.24, 2.45) is 0 Å². The fourth-order valence-corrected chi connectivity index (χ4v) is 4.49. The zero-order valence-electron chi connectivity index (χ0n) is 19.2. The van der Waals surface area contributed by atoms with Gasteiger partial charge in [-0.15, -0.1) is 0 Å². The SMILES string of the molecule is COC(CNC(=O)OCC1c2ccccc2-c2ccccc21)C(=O)N1CCOC(C)(C(=O)O)C1. The molecule has 2 N–H and O–H groups in total. The number of carboxylic acid groups (broad SMARTS) is 1. The van der Waals surface area contributed by atoms with Crippen LogP contribution in [0.15, 0.2) is 48.5 Å². The van der Waals surface area contributed by atoms with Crippen LogP contribution in [0.4, 0.5) is 4.79 Å². The van der Waals surface area contributed by atoms with Gasteiger partial charge in [0.2, 0.25) is 0 Å². The van der Waals surface area contributed by atoms with Crippen molar-refractivity contribution in [3.63, 3.8) is 0 Å². The van der Waals surface area contributed by atoms with E-state index in [4.69, 9.17) is 14.2 Å². The fourth-order valence-electron chi connectivity index (χ4n) is 4.49. The molecule has 2 amide bonds. The maximum atomic E-state index is 12.9. The van der Waals surface area contributed by atoms with Gasteiger partial charge < -0.3 is 29.5 Å². The summed E-state index contributed by atoms with van der Waals surface area (Å²) in [5, 5.41) is 12.0. The molecule has 9 nitrogen and oxygen atoms in total. The lowest BCUT2D eigenvalue weighted by Gasteiger charge is -2.38. The second-order valence-electron chi connectivity index (χ2n) is 8.58. The Morgan fingerprint density at radius 1 is 1.15 bits per heavy atom. The Bertz CT molecular complexity index is 1040. The van der Waals surface area contributed by atoms with Crippen LogP contribution in [0.3, 0.4) is 0 Å². The number of morpholine rings is 1. The Morgan fingerprint density at radius 2 is 1.76 bits per heavy atom. The average Bonchev–Trinajstić information content (AvgIpc) is 3.16. The molecule has 2 aromatic rings. The van der Waals surface area contributed by atoms with Crippen molar-refractivity contribution in [2.45, 2.75) is 24.5 Å². The minimum absolute atomic E-state index is 0.0694. The zero-order valence-corrected chi connectivity index (χ0v) is 19.2. The number of rotatable bonds is 7. The molecule has 4 rings (SSSR count). The summed E-state index contributed by atoms with van der Waals surface area (Å²) in [7, 11) is 1.36. The molecular formula is C25H28N2O7. The van der Waals surface area contributed by atoms with Gasteiger partial charge in [0.25, 0.3) is 5.91 Å². The van der Waals surface area contributed by atoms with Gasteiger partial charge in [-0.3, -0.25) is 4.79 Å². The minimum atomic E-state index is -1.48. The molecule has 1 aliphatic carbocycles. The highest BCUT2D eigenvalue weighted by Crippen LogP contribution is 2.44. The van der Waals surface area contributed by atoms with Crippen molar-refractivity contribution in [1.29, 1.82) is 0 Å². The number of carbonyl (C=O) groups excluding carboxylic acids is 2. The number of carbonyl (C=O) groups is 3. The van der Waals surface area contributed by atoms with Crippen molar-refractivity contribution in [3.05, 3.63) is 59.7 Å². The van der Waals surface area contributed by atoms with E-state index >= 15 is 0 Å². The molecule has 9 heteroatoms. The van der Waals surface area contributed by atoms with Crippen molar-refractivity contribution in [1.82, 2.24) is 10.2 Å². The van der Waals surface area contributed by atoms with Crippen molar-refractivity contribution >= 4 is 18.0 Å². The molecule has 34 heavy (non-hydrogen) atoms. The maximum Gasteiger partial charge on any atom is 0.407 e. The molecule has 0 spiro atoms. The third kappa shape index (κ3) is 4.62. The predicted octanol–water partition coefficient (Wildman–Crippen LogP) is 2.24. The molecule has 2 aromatic carbocycles. The normalized spacial score (nSPS) is 20.2. The molecule has 2 aliphatic rings. The summed E-state index contributed by atoms with van der Waals surface area (Å²) in [6.07, 6.45) is -1.63. The second-order valence-corrected chi connectivity index (χ2v) is 8.58. The average molecular weight is 469 g/mol. The van der Waals surface area contributed by atoms with Crippen LogP contribution >= 0.6 is 0 Å². The molecule has 2 atom stereocenters. The van der Waals surface area contributed by atoms with E-state index in [0.29, 0.717) is 0 Å². The lowest BCUT2D eigenvalue weighted by molar-refractivity contribution is -0.179. The van der Waals surface area contributed by atoms with E-state index in [2.05, 4.69) is 17.4 Å². The molecule has 1 heterocycles. The Labute approximate surface area is 197 Å². The fraction of sp³-hybridized carbons (Fsp3) is 0.400. The highest BCUT2D eigenvalue weighted by Gasteiger charge is 2.42. The van der Waals surface area contributed by atoms with Crippen LogP contribution in [0.2, 0.25) is 0 Å². The number of hydrogen-bond acceptors (Lipinski definition) is 6. The highest BCUT2D eigenvalue weighted by molar-refractivity contribution is 5.84. The van der Waals surface area contributed by atoms with E-state index in [9.17, 15) is 19.5 Å². The Balaban J connectivity index is 1.33. The number of alkyl carbamates (subject to hydrolysis) is 1. The number of ether oxygens (including phenoxy) is 3. The molecule has 1 saturated heterocycles. The first kappa shape index (κ1) is 23.7. The molecule has 2 unspecified atom stereocenters. The van der Waals surface area contributed by atoms with Gasteiger partial charge in [-0.1, -0.05) is 48.5 Å². The van der Waals surface area contributed by atoms with E-state index in [0.717, 1.165) is 22.3 Å². The van der Waals surface area contributed by atoms with Crippen molar-refractivity contribution in [2.75, 3.05) is 40.0 Å². The summed E-state index contributed by atoms with van der Waals surface area (Å²) in [5.74, 6) is -1.63. The number of benzene rings is 2. The summed E-state index contributed by atoms with van der Waals surface area (Å²) in [4.78, 5) is 38.1. The van der Waals surface area contributed by atoms with E-state index in [1.807, 2.05) is 36.4 Å². The van der Waals surface area contributed by atoms with Gasteiger partial charge in [0.1, 0.15) is 6.61 Å². The molecule has 0 radical (unpaired) electrons. The van der Waals surface area contributed by atoms with Gasteiger partial charge in [-0.05, 0) is 29.2 Å². The van der Waals surface area contributed by atoms with Crippen LogP contribution in [0, 0.1) is 0 Å². The summed E-state index contributed by atoms with van der Waals surface area (Å²) >= 11 is 0.